The molecule has 1 aliphatic carbocycles. The fourth-order valence-electron chi connectivity index (χ4n) is 2.00. The van der Waals surface area contributed by atoms with Crippen LogP contribution in [0.1, 0.15) is 46.0 Å². The van der Waals surface area contributed by atoms with Crippen LogP contribution in [0.5, 0.6) is 0 Å². The standard InChI is InChI=1S/C11H22N2O2/c1-3-8(2)15-10-6-4-9(5-7-10)11(14)13-12/h8-10H,3-7,12H2,1-2H3,(H,13,14)/t8-,9?,10?/m0/s1. The first-order valence-corrected chi connectivity index (χ1v) is 5.83. The van der Waals surface area contributed by atoms with Crippen molar-refractivity contribution in [1.82, 2.24) is 5.43 Å². The van der Waals surface area contributed by atoms with Crippen molar-refractivity contribution in [3.05, 3.63) is 0 Å². The fraction of sp³-hybridized carbons (Fsp3) is 0.909. The van der Waals surface area contributed by atoms with Gasteiger partial charge in [-0.3, -0.25) is 10.2 Å². The summed E-state index contributed by atoms with van der Waals surface area (Å²) in [4.78, 5) is 11.3. The van der Waals surface area contributed by atoms with Crippen LogP contribution in [0.2, 0.25) is 0 Å². The second kappa shape index (κ2) is 6.08. The van der Waals surface area contributed by atoms with E-state index in [1.165, 1.54) is 0 Å². The summed E-state index contributed by atoms with van der Waals surface area (Å²) in [6.45, 7) is 4.22. The number of carbonyl (C=O) groups is 1. The molecular weight excluding hydrogens is 192 g/mol. The highest BCUT2D eigenvalue weighted by Gasteiger charge is 2.26. The molecular formula is C11H22N2O2. The van der Waals surface area contributed by atoms with Gasteiger partial charge in [0.1, 0.15) is 0 Å². The summed E-state index contributed by atoms with van der Waals surface area (Å²) in [6, 6.07) is 0. The minimum absolute atomic E-state index is 0.0306. The lowest BCUT2D eigenvalue weighted by atomic mass is 9.87. The highest BCUT2D eigenvalue weighted by atomic mass is 16.5. The second-order valence-corrected chi connectivity index (χ2v) is 4.34. The van der Waals surface area contributed by atoms with Crippen molar-refractivity contribution in [2.45, 2.75) is 58.2 Å². The third-order valence-corrected chi connectivity index (χ3v) is 3.19. The summed E-state index contributed by atoms with van der Waals surface area (Å²) in [5, 5.41) is 0. The van der Waals surface area contributed by atoms with Crippen molar-refractivity contribution in [1.29, 1.82) is 0 Å². The molecule has 0 heterocycles. The molecule has 1 saturated carbocycles. The van der Waals surface area contributed by atoms with E-state index in [1.54, 1.807) is 0 Å². The van der Waals surface area contributed by atoms with Crippen molar-refractivity contribution >= 4 is 5.91 Å². The number of nitrogens with two attached hydrogens (primary N) is 1. The Morgan fingerprint density at radius 3 is 2.53 bits per heavy atom. The van der Waals surface area contributed by atoms with Gasteiger partial charge in [0.2, 0.25) is 5.91 Å². The zero-order valence-corrected chi connectivity index (χ0v) is 9.66. The molecule has 0 spiro atoms. The Balaban J connectivity index is 2.26. The normalized spacial score (nSPS) is 28.5. The van der Waals surface area contributed by atoms with E-state index in [0.717, 1.165) is 32.1 Å². The summed E-state index contributed by atoms with van der Waals surface area (Å²) < 4.78 is 5.84. The molecule has 0 radical (unpaired) electrons. The summed E-state index contributed by atoms with van der Waals surface area (Å²) in [7, 11) is 0. The maximum absolute atomic E-state index is 11.3. The van der Waals surface area contributed by atoms with Gasteiger partial charge in [-0.05, 0) is 39.0 Å². The molecule has 15 heavy (non-hydrogen) atoms. The SMILES string of the molecule is CC[C@H](C)OC1CCC(C(=O)NN)CC1. The predicted octanol–water partition coefficient (Wildman–Crippen LogP) is 1.35. The summed E-state index contributed by atoms with van der Waals surface area (Å²) in [6.07, 6.45) is 5.44. The lowest BCUT2D eigenvalue weighted by Gasteiger charge is -2.29. The number of nitrogens with one attached hydrogen (secondary N) is 1. The van der Waals surface area contributed by atoms with Gasteiger partial charge in [0.25, 0.3) is 0 Å². The lowest BCUT2D eigenvalue weighted by Crippen LogP contribution is -2.38. The summed E-state index contributed by atoms with van der Waals surface area (Å²) in [5.41, 5.74) is 2.22. The molecule has 0 bridgehead atoms. The Hall–Kier alpha value is -0.610. The highest BCUT2D eigenvalue weighted by Crippen LogP contribution is 2.27. The van der Waals surface area contributed by atoms with E-state index in [1.807, 2.05) is 0 Å². The molecule has 1 aliphatic rings. The van der Waals surface area contributed by atoms with E-state index >= 15 is 0 Å². The molecule has 0 saturated heterocycles. The van der Waals surface area contributed by atoms with Gasteiger partial charge < -0.3 is 4.74 Å². The van der Waals surface area contributed by atoms with Crippen molar-refractivity contribution in [2.24, 2.45) is 11.8 Å². The molecule has 1 fully saturated rings. The van der Waals surface area contributed by atoms with Gasteiger partial charge in [0, 0.05) is 5.92 Å². The van der Waals surface area contributed by atoms with Gasteiger partial charge in [0.05, 0.1) is 12.2 Å². The Morgan fingerprint density at radius 2 is 2.07 bits per heavy atom. The van der Waals surface area contributed by atoms with Crippen LogP contribution in [-0.4, -0.2) is 18.1 Å². The molecule has 1 atom stereocenters. The maximum Gasteiger partial charge on any atom is 0.236 e. The highest BCUT2D eigenvalue weighted by molar-refractivity contribution is 5.77. The van der Waals surface area contributed by atoms with Gasteiger partial charge >= 0.3 is 0 Å². The minimum Gasteiger partial charge on any atom is -0.375 e. The largest absolute Gasteiger partial charge is 0.375 e. The van der Waals surface area contributed by atoms with E-state index < -0.39 is 0 Å². The first-order chi connectivity index (χ1) is 7.17. The number of hydrogen-bond acceptors (Lipinski definition) is 3. The smallest absolute Gasteiger partial charge is 0.236 e. The van der Waals surface area contributed by atoms with Gasteiger partial charge in [-0.25, -0.2) is 5.84 Å². The number of amides is 1. The van der Waals surface area contributed by atoms with Crippen LogP contribution in [0.3, 0.4) is 0 Å². The zero-order chi connectivity index (χ0) is 11.3. The number of rotatable bonds is 4. The van der Waals surface area contributed by atoms with Crippen LogP contribution in [-0.2, 0) is 9.53 Å². The van der Waals surface area contributed by atoms with Gasteiger partial charge in [-0.15, -0.1) is 0 Å². The summed E-state index contributed by atoms with van der Waals surface area (Å²) in [5.74, 6) is 5.17. The molecule has 88 valence electrons. The molecule has 0 aromatic heterocycles. The Morgan fingerprint density at radius 1 is 1.47 bits per heavy atom. The van der Waals surface area contributed by atoms with Crippen LogP contribution in [0.25, 0.3) is 0 Å². The number of carbonyl (C=O) groups excluding carboxylic acids is 1. The van der Waals surface area contributed by atoms with Gasteiger partial charge in [-0.1, -0.05) is 6.92 Å². The molecule has 1 rings (SSSR count). The maximum atomic E-state index is 11.3. The van der Waals surface area contributed by atoms with Crippen LogP contribution in [0, 0.1) is 5.92 Å². The average Bonchev–Trinajstić information content (AvgIpc) is 2.29. The Labute approximate surface area is 91.5 Å². The molecule has 3 N–H and O–H groups in total. The van der Waals surface area contributed by atoms with Crippen LogP contribution < -0.4 is 11.3 Å². The monoisotopic (exact) mass is 214 g/mol. The third-order valence-electron chi connectivity index (χ3n) is 3.19. The van der Waals surface area contributed by atoms with Crippen molar-refractivity contribution in [3.63, 3.8) is 0 Å². The first-order valence-electron chi connectivity index (χ1n) is 5.83. The Bertz CT molecular complexity index is 201. The lowest BCUT2D eigenvalue weighted by molar-refractivity contribution is -0.127. The van der Waals surface area contributed by atoms with Gasteiger partial charge in [-0.2, -0.15) is 0 Å². The van der Waals surface area contributed by atoms with Crippen LogP contribution >= 0.6 is 0 Å². The second-order valence-electron chi connectivity index (χ2n) is 4.34. The first kappa shape index (κ1) is 12.5. The molecule has 1 amide bonds. The molecule has 4 nitrogen and oxygen atoms in total. The zero-order valence-electron chi connectivity index (χ0n) is 9.66. The van der Waals surface area contributed by atoms with E-state index in [4.69, 9.17) is 10.6 Å². The van der Waals surface area contributed by atoms with E-state index in [2.05, 4.69) is 19.3 Å². The predicted molar refractivity (Wildman–Crippen MR) is 58.9 cm³/mol. The fourth-order valence-corrected chi connectivity index (χ4v) is 2.00. The number of ether oxygens (including phenoxy) is 1. The third kappa shape index (κ3) is 3.80. The van der Waals surface area contributed by atoms with Crippen LogP contribution in [0.4, 0.5) is 0 Å². The van der Waals surface area contributed by atoms with Crippen molar-refractivity contribution in [2.75, 3.05) is 0 Å². The molecule has 0 aromatic rings. The summed E-state index contributed by atoms with van der Waals surface area (Å²) >= 11 is 0. The number of hydrogen-bond donors (Lipinski definition) is 2. The molecule has 0 aliphatic heterocycles. The van der Waals surface area contributed by atoms with Crippen molar-refractivity contribution < 1.29 is 9.53 Å². The van der Waals surface area contributed by atoms with E-state index in [9.17, 15) is 4.79 Å². The van der Waals surface area contributed by atoms with E-state index in [0.29, 0.717) is 12.2 Å². The van der Waals surface area contributed by atoms with Crippen LogP contribution in [0.15, 0.2) is 0 Å². The molecule has 4 heteroatoms. The quantitative estimate of drug-likeness (QED) is 0.422. The Kier molecular flexibility index (Phi) is 5.05. The molecule has 0 unspecified atom stereocenters. The van der Waals surface area contributed by atoms with Gasteiger partial charge in [0.15, 0.2) is 0 Å². The average molecular weight is 214 g/mol. The van der Waals surface area contributed by atoms with Crippen molar-refractivity contribution in [3.8, 4) is 0 Å². The molecule has 0 aromatic carbocycles. The van der Waals surface area contributed by atoms with E-state index in [-0.39, 0.29) is 11.8 Å². The minimum atomic E-state index is -0.0306. The number of hydrazine groups is 1. The topological polar surface area (TPSA) is 64.3 Å².